The molecule has 0 amide bonds. The highest BCUT2D eigenvalue weighted by Crippen LogP contribution is 2.14. The molecule has 0 saturated heterocycles. The Bertz CT molecular complexity index is 242. The summed E-state index contributed by atoms with van der Waals surface area (Å²) in [7, 11) is 0. The predicted octanol–water partition coefficient (Wildman–Crippen LogP) is 2.62. The van der Waals surface area contributed by atoms with Crippen LogP contribution in [0.5, 0.6) is 0 Å². The molecule has 10 heavy (non-hydrogen) atoms. The minimum absolute atomic E-state index is 0.0503. The zero-order valence-corrected chi connectivity index (χ0v) is 8.11. The Labute approximate surface area is 74.9 Å². The fourth-order valence-electron chi connectivity index (χ4n) is 0.530. The average molecular weight is 268 g/mol. The van der Waals surface area contributed by atoms with Crippen molar-refractivity contribution < 1.29 is 9.21 Å². The van der Waals surface area contributed by atoms with Crippen molar-refractivity contribution in [1.29, 1.82) is 0 Å². The van der Waals surface area contributed by atoms with Crippen molar-refractivity contribution in [2.45, 2.75) is 0 Å². The van der Waals surface area contributed by atoms with E-state index in [9.17, 15) is 4.79 Å². The summed E-state index contributed by atoms with van der Waals surface area (Å²) in [5.41, 5.74) is 0. The van der Waals surface area contributed by atoms with Gasteiger partial charge in [0.25, 0.3) is 0 Å². The number of hydrogen-bond acceptors (Lipinski definition) is 2. The Hall–Kier alpha value is -0.0900. The van der Waals surface area contributed by atoms with Gasteiger partial charge < -0.3 is 4.42 Å². The number of carbonyl (C=O) groups excluding carboxylic acids is 1. The van der Waals surface area contributed by atoms with E-state index in [2.05, 4.69) is 31.9 Å². The molecule has 0 aliphatic heterocycles. The Kier molecular flexibility index (Phi) is 2.68. The molecule has 0 radical (unpaired) electrons. The van der Waals surface area contributed by atoms with Gasteiger partial charge in [-0.1, -0.05) is 15.9 Å². The van der Waals surface area contributed by atoms with Gasteiger partial charge in [0.1, 0.15) is 0 Å². The van der Waals surface area contributed by atoms with Crippen molar-refractivity contribution in [3.8, 4) is 0 Å². The van der Waals surface area contributed by atoms with E-state index in [1.54, 1.807) is 12.1 Å². The summed E-state index contributed by atoms with van der Waals surface area (Å²) >= 11 is 6.13. The molecule has 0 atom stereocenters. The standard InChI is InChI=1S/C6H4Br2O2/c7-3-4(9)5-1-2-6(8)10-5/h1-2H,3H2. The highest BCUT2D eigenvalue weighted by Gasteiger charge is 2.07. The van der Waals surface area contributed by atoms with Crippen LogP contribution in [0.15, 0.2) is 21.2 Å². The van der Waals surface area contributed by atoms with E-state index in [4.69, 9.17) is 4.42 Å². The highest BCUT2D eigenvalue weighted by molar-refractivity contribution is 9.10. The van der Waals surface area contributed by atoms with Crippen LogP contribution in [0.1, 0.15) is 10.6 Å². The third-order valence-corrected chi connectivity index (χ3v) is 1.90. The van der Waals surface area contributed by atoms with Crippen molar-refractivity contribution >= 4 is 37.6 Å². The maximum absolute atomic E-state index is 10.9. The lowest BCUT2D eigenvalue weighted by Gasteiger charge is -1.86. The SMILES string of the molecule is O=C(CBr)c1ccc(Br)o1. The van der Waals surface area contributed by atoms with Gasteiger partial charge in [-0.3, -0.25) is 4.79 Å². The van der Waals surface area contributed by atoms with Crippen LogP contribution in [-0.2, 0) is 0 Å². The van der Waals surface area contributed by atoms with Crippen LogP contribution < -0.4 is 0 Å². The molecule has 0 N–H and O–H groups in total. The van der Waals surface area contributed by atoms with Crippen LogP contribution in [0.25, 0.3) is 0 Å². The van der Waals surface area contributed by atoms with Gasteiger partial charge in [-0.2, -0.15) is 0 Å². The first kappa shape index (κ1) is 8.01. The molecule has 1 aromatic rings. The molecule has 2 nitrogen and oxygen atoms in total. The molecule has 1 aromatic heterocycles. The topological polar surface area (TPSA) is 30.2 Å². The van der Waals surface area contributed by atoms with E-state index in [0.29, 0.717) is 15.8 Å². The monoisotopic (exact) mass is 266 g/mol. The van der Waals surface area contributed by atoms with Crippen LogP contribution in [0.2, 0.25) is 0 Å². The molecule has 1 heterocycles. The lowest BCUT2D eigenvalue weighted by atomic mass is 10.3. The number of hydrogen-bond donors (Lipinski definition) is 0. The lowest BCUT2D eigenvalue weighted by molar-refractivity contribution is 0.0992. The smallest absolute Gasteiger partial charge is 0.208 e. The molecule has 4 heteroatoms. The number of Topliss-reactive ketones (excluding diaryl/α,β-unsaturated/α-hetero) is 1. The molecule has 0 aliphatic rings. The molecule has 54 valence electrons. The first-order valence-electron chi connectivity index (χ1n) is 2.58. The lowest BCUT2D eigenvalue weighted by Crippen LogP contribution is -1.96. The van der Waals surface area contributed by atoms with Gasteiger partial charge >= 0.3 is 0 Å². The maximum Gasteiger partial charge on any atom is 0.208 e. The molecule has 0 unspecified atom stereocenters. The summed E-state index contributed by atoms with van der Waals surface area (Å²) in [5.74, 6) is 0.328. The van der Waals surface area contributed by atoms with E-state index in [-0.39, 0.29) is 5.78 Å². The zero-order valence-electron chi connectivity index (χ0n) is 4.93. The van der Waals surface area contributed by atoms with Gasteiger partial charge in [-0.05, 0) is 28.1 Å². The van der Waals surface area contributed by atoms with Gasteiger partial charge in [-0.25, -0.2) is 0 Å². The summed E-state index contributed by atoms with van der Waals surface area (Å²) < 4.78 is 5.55. The molecular weight excluding hydrogens is 264 g/mol. The summed E-state index contributed by atoms with van der Waals surface area (Å²) in [6, 6.07) is 3.32. The third-order valence-electron chi connectivity index (χ3n) is 0.969. The van der Waals surface area contributed by atoms with Gasteiger partial charge in [0.15, 0.2) is 10.4 Å². The van der Waals surface area contributed by atoms with Crippen LogP contribution in [0, 0.1) is 0 Å². The minimum atomic E-state index is -0.0503. The van der Waals surface area contributed by atoms with Crippen molar-refractivity contribution in [2.24, 2.45) is 0 Å². The highest BCUT2D eigenvalue weighted by atomic mass is 79.9. The molecule has 0 fully saturated rings. The van der Waals surface area contributed by atoms with Crippen LogP contribution >= 0.6 is 31.9 Å². The molecule has 0 aliphatic carbocycles. The number of halogens is 2. The van der Waals surface area contributed by atoms with Gasteiger partial charge in [-0.15, -0.1) is 0 Å². The second kappa shape index (κ2) is 3.34. The molecule has 0 aromatic carbocycles. The number of alkyl halides is 1. The largest absolute Gasteiger partial charge is 0.446 e. The van der Waals surface area contributed by atoms with Crippen LogP contribution in [0.4, 0.5) is 0 Å². The minimum Gasteiger partial charge on any atom is -0.446 e. The molecule has 0 saturated carbocycles. The second-order valence-electron chi connectivity index (χ2n) is 1.66. The molecule has 0 bridgehead atoms. The number of rotatable bonds is 2. The maximum atomic E-state index is 10.9. The van der Waals surface area contributed by atoms with Crippen molar-refractivity contribution in [3.05, 3.63) is 22.6 Å². The van der Waals surface area contributed by atoms with Crippen molar-refractivity contribution in [3.63, 3.8) is 0 Å². The van der Waals surface area contributed by atoms with Crippen LogP contribution in [0.3, 0.4) is 0 Å². The summed E-state index contributed by atoms with van der Waals surface area (Å²) in [6.07, 6.45) is 0. The van der Waals surface area contributed by atoms with Crippen molar-refractivity contribution in [1.82, 2.24) is 0 Å². The second-order valence-corrected chi connectivity index (χ2v) is 3.00. The van der Waals surface area contributed by atoms with Gasteiger partial charge in [0.05, 0.1) is 5.33 Å². The zero-order chi connectivity index (χ0) is 7.56. The Morgan fingerprint density at radius 1 is 1.60 bits per heavy atom. The van der Waals surface area contributed by atoms with E-state index < -0.39 is 0 Å². The summed E-state index contributed by atoms with van der Waals surface area (Å²) in [6.45, 7) is 0. The van der Waals surface area contributed by atoms with E-state index >= 15 is 0 Å². The van der Waals surface area contributed by atoms with E-state index in [1.807, 2.05) is 0 Å². The number of furan rings is 1. The third kappa shape index (κ3) is 1.70. The fourth-order valence-corrected chi connectivity index (χ4v) is 1.11. The number of ketones is 1. The first-order chi connectivity index (χ1) is 4.74. The Balaban J connectivity index is 2.85. The molecule has 0 spiro atoms. The number of carbonyl (C=O) groups is 1. The summed E-state index contributed by atoms with van der Waals surface area (Å²) in [4.78, 5) is 10.9. The Morgan fingerprint density at radius 3 is 2.70 bits per heavy atom. The molecular formula is C6H4Br2O2. The van der Waals surface area contributed by atoms with E-state index in [0.717, 1.165) is 0 Å². The summed E-state index contributed by atoms with van der Waals surface area (Å²) in [5, 5.41) is 0.299. The average Bonchev–Trinajstić information content (AvgIpc) is 2.34. The van der Waals surface area contributed by atoms with Crippen molar-refractivity contribution in [2.75, 3.05) is 5.33 Å². The molecule has 1 rings (SSSR count). The Morgan fingerprint density at radius 2 is 2.30 bits per heavy atom. The van der Waals surface area contributed by atoms with Gasteiger partial charge in [0.2, 0.25) is 5.78 Å². The predicted molar refractivity (Wildman–Crippen MR) is 44.5 cm³/mol. The van der Waals surface area contributed by atoms with Crippen LogP contribution in [-0.4, -0.2) is 11.1 Å². The van der Waals surface area contributed by atoms with E-state index in [1.165, 1.54) is 0 Å². The normalized spacial score (nSPS) is 9.80. The van der Waals surface area contributed by atoms with Gasteiger partial charge in [0, 0.05) is 0 Å². The fraction of sp³-hybridized carbons (Fsp3) is 0.167. The first-order valence-corrected chi connectivity index (χ1v) is 4.50. The quantitative estimate of drug-likeness (QED) is 0.609.